The van der Waals surface area contributed by atoms with Crippen molar-refractivity contribution in [3.8, 4) is 11.8 Å². The second-order valence-electron chi connectivity index (χ2n) is 6.01. The molecule has 0 aliphatic rings. The third-order valence-corrected chi connectivity index (χ3v) is 4.10. The molecule has 1 atom stereocenters. The molecule has 26 heavy (non-hydrogen) atoms. The Kier molecular flexibility index (Phi) is 7.12. The second kappa shape index (κ2) is 9.54. The van der Waals surface area contributed by atoms with Crippen LogP contribution in [0, 0.1) is 17.1 Å². The van der Waals surface area contributed by atoms with Gasteiger partial charge < -0.3 is 15.0 Å². The quantitative estimate of drug-likeness (QED) is 0.760. The predicted molar refractivity (Wildman–Crippen MR) is 97.4 cm³/mol. The van der Waals surface area contributed by atoms with Crippen LogP contribution in [0.4, 0.5) is 10.1 Å². The number of nitriles is 1. The van der Waals surface area contributed by atoms with Gasteiger partial charge in [0.05, 0.1) is 26.1 Å². The number of nitrogens with one attached hydrogen (secondary N) is 2. The van der Waals surface area contributed by atoms with Crippen molar-refractivity contribution in [3.63, 3.8) is 0 Å². The summed E-state index contributed by atoms with van der Waals surface area (Å²) in [7, 11) is 1.43. The summed E-state index contributed by atoms with van der Waals surface area (Å²) in [5, 5.41) is 11.5. The van der Waals surface area contributed by atoms with E-state index in [9.17, 15) is 9.18 Å². The number of halogens is 1. The Bertz CT molecular complexity index is 785. The number of hydrogen-bond donors (Lipinski definition) is 2. The number of amides is 1. The maximum Gasteiger partial charge on any atom is 0.279 e. The van der Waals surface area contributed by atoms with Gasteiger partial charge in [0.1, 0.15) is 6.54 Å². The van der Waals surface area contributed by atoms with Crippen molar-refractivity contribution in [2.24, 2.45) is 0 Å². The van der Waals surface area contributed by atoms with Crippen molar-refractivity contribution in [2.45, 2.75) is 19.9 Å². The van der Waals surface area contributed by atoms with Crippen molar-refractivity contribution in [2.75, 3.05) is 25.5 Å². The van der Waals surface area contributed by atoms with Crippen LogP contribution in [0.2, 0.25) is 0 Å². The molecule has 5 nitrogen and oxygen atoms in total. The van der Waals surface area contributed by atoms with Gasteiger partial charge in [0, 0.05) is 11.3 Å². The Hall–Kier alpha value is -2.91. The highest BCUT2D eigenvalue weighted by atomic mass is 19.1. The fraction of sp³-hybridized carbons (Fsp3) is 0.300. The molecule has 0 saturated carbocycles. The lowest BCUT2D eigenvalue weighted by Crippen LogP contribution is -3.11. The molecule has 2 aromatic carbocycles. The van der Waals surface area contributed by atoms with Gasteiger partial charge >= 0.3 is 0 Å². The molecule has 0 fully saturated rings. The molecule has 0 bridgehead atoms. The van der Waals surface area contributed by atoms with Gasteiger partial charge in [-0.15, -0.1) is 0 Å². The Morgan fingerprint density at radius 2 is 1.92 bits per heavy atom. The lowest BCUT2D eigenvalue weighted by molar-refractivity contribution is -0.903. The van der Waals surface area contributed by atoms with E-state index in [-0.39, 0.29) is 18.2 Å². The molecule has 0 aliphatic heterocycles. The number of methoxy groups -OCH3 is 1. The first-order chi connectivity index (χ1) is 12.5. The van der Waals surface area contributed by atoms with Crippen LogP contribution in [0.3, 0.4) is 0 Å². The van der Waals surface area contributed by atoms with Crippen molar-refractivity contribution < 1.29 is 18.8 Å². The van der Waals surface area contributed by atoms with E-state index in [0.717, 1.165) is 22.6 Å². The molecule has 0 saturated heterocycles. The number of anilines is 1. The Labute approximate surface area is 153 Å². The van der Waals surface area contributed by atoms with Gasteiger partial charge in [-0.25, -0.2) is 4.39 Å². The Balaban J connectivity index is 1.93. The molecule has 6 heteroatoms. The van der Waals surface area contributed by atoms with E-state index < -0.39 is 5.82 Å². The third-order valence-electron chi connectivity index (χ3n) is 4.10. The van der Waals surface area contributed by atoms with Gasteiger partial charge in [0.15, 0.2) is 18.1 Å². The van der Waals surface area contributed by atoms with Gasteiger partial charge in [0.25, 0.3) is 5.91 Å². The summed E-state index contributed by atoms with van der Waals surface area (Å²) in [5.41, 5.74) is 2.42. The van der Waals surface area contributed by atoms with E-state index in [0.29, 0.717) is 18.7 Å². The molecule has 2 aromatic rings. The monoisotopic (exact) mass is 356 g/mol. The minimum absolute atomic E-state index is 0.108. The molecule has 136 valence electrons. The van der Waals surface area contributed by atoms with Crippen molar-refractivity contribution in [1.82, 2.24) is 0 Å². The smallest absolute Gasteiger partial charge is 0.279 e. The third kappa shape index (κ3) is 5.57. The predicted octanol–water partition coefficient (Wildman–Crippen LogP) is 1.94. The molecule has 1 unspecified atom stereocenters. The first-order valence-electron chi connectivity index (χ1n) is 8.47. The van der Waals surface area contributed by atoms with Crippen molar-refractivity contribution >= 4 is 11.6 Å². The zero-order valence-electron chi connectivity index (χ0n) is 15.0. The Morgan fingerprint density at radius 1 is 1.23 bits per heavy atom. The fourth-order valence-corrected chi connectivity index (χ4v) is 2.65. The molecule has 0 radical (unpaired) electrons. The normalized spacial score (nSPS) is 11.5. The summed E-state index contributed by atoms with van der Waals surface area (Å²) < 4.78 is 18.7. The molecule has 1 amide bonds. The number of ether oxygens (including phenoxy) is 1. The number of nitrogens with zero attached hydrogens (tertiary/aromatic N) is 1. The lowest BCUT2D eigenvalue weighted by atomic mass is 10.1. The molecule has 2 N–H and O–H groups in total. The zero-order valence-corrected chi connectivity index (χ0v) is 15.0. The first kappa shape index (κ1) is 19.4. The van der Waals surface area contributed by atoms with Gasteiger partial charge in [-0.2, -0.15) is 5.26 Å². The number of quaternary nitrogens is 1. The van der Waals surface area contributed by atoms with Crippen LogP contribution in [0.5, 0.6) is 5.75 Å². The van der Waals surface area contributed by atoms with E-state index in [1.54, 1.807) is 18.2 Å². The van der Waals surface area contributed by atoms with Gasteiger partial charge in [0.2, 0.25) is 0 Å². The van der Waals surface area contributed by atoms with Crippen LogP contribution >= 0.6 is 0 Å². The molecule has 0 aromatic heterocycles. The fourth-order valence-electron chi connectivity index (χ4n) is 2.65. The van der Waals surface area contributed by atoms with E-state index in [4.69, 9.17) is 10.00 Å². The van der Waals surface area contributed by atoms with Crippen LogP contribution < -0.4 is 15.0 Å². The largest absolute Gasteiger partial charge is 0.494 e. The minimum Gasteiger partial charge on any atom is -0.494 e. The average Bonchev–Trinajstić information content (AvgIpc) is 2.63. The average molecular weight is 356 g/mol. The molecule has 0 aliphatic carbocycles. The second-order valence-corrected chi connectivity index (χ2v) is 6.01. The summed E-state index contributed by atoms with van der Waals surface area (Å²) >= 11 is 0. The van der Waals surface area contributed by atoms with E-state index >= 15 is 0 Å². The summed E-state index contributed by atoms with van der Waals surface area (Å²) in [6, 6.07) is 14.2. The van der Waals surface area contributed by atoms with Crippen LogP contribution in [0.1, 0.15) is 18.1 Å². The number of benzene rings is 2. The number of carbonyl (C=O) groups excluding carboxylic acids is 1. The van der Waals surface area contributed by atoms with E-state index in [1.807, 2.05) is 25.1 Å². The maximum absolute atomic E-state index is 13.8. The summed E-state index contributed by atoms with van der Waals surface area (Å²) in [6.07, 6.45) is 0.348. The van der Waals surface area contributed by atoms with Crippen molar-refractivity contribution in [1.29, 1.82) is 5.26 Å². The van der Waals surface area contributed by atoms with Gasteiger partial charge in [-0.3, -0.25) is 4.79 Å². The van der Waals surface area contributed by atoms with Crippen molar-refractivity contribution in [3.05, 3.63) is 59.4 Å². The molecule has 0 heterocycles. The molecule has 0 spiro atoms. The first-order valence-corrected chi connectivity index (χ1v) is 8.47. The summed E-state index contributed by atoms with van der Waals surface area (Å²) in [6.45, 7) is 3.55. The maximum atomic E-state index is 13.8. The van der Waals surface area contributed by atoms with Crippen LogP contribution in [0.25, 0.3) is 0 Å². The Morgan fingerprint density at radius 3 is 2.50 bits per heavy atom. The number of hydrogen-bond acceptors (Lipinski definition) is 3. The highest BCUT2D eigenvalue weighted by Crippen LogP contribution is 2.17. The van der Waals surface area contributed by atoms with E-state index in [2.05, 4.69) is 11.4 Å². The van der Waals surface area contributed by atoms with Crippen LogP contribution in [0.15, 0.2) is 42.5 Å². The summed E-state index contributed by atoms with van der Waals surface area (Å²) in [4.78, 5) is 13.3. The zero-order chi connectivity index (χ0) is 18.9. The van der Waals surface area contributed by atoms with E-state index in [1.165, 1.54) is 13.2 Å². The number of carbonyl (C=O) groups is 1. The van der Waals surface area contributed by atoms with Gasteiger partial charge in [-0.05, 0) is 42.8 Å². The molecule has 2 rings (SSSR count). The van der Waals surface area contributed by atoms with Crippen LogP contribution in [-0.2, 0) is 17.8 Å². The highest BCUT2D eigenvalue weighted by Gasteiger charge is 2.15. The van der Waals surface area contributed by atoms with Crippen LogP contribution in [-0.4, -0.2) is 26.1 Å². The number of likely N-dealkylation sites (N-methyl/N-ethyl adjacent to an activating group) is 1. The highest BCUT2D eigenvalue weighted by molar-refractivity contribution is 5.91. The minimum atomic E-state index is -0.401. The molecular formula is C20H23FN3O2+. The SMILES string of the molecule is CC[NH+](CC(=O)Nc1ccc(CC#N)cc1)Cc1ccc(OC)c(F)c1. The topological polar surface area (TPSA) is 66.6 Å². The number of rotatable bonds is 8. The summed E-state index contributed by atoms with van der Waals surface area (Å²) in [5.74, 6) is -0.296. The van der Waals surface area contributed by atoms with Gasteiger partial charge in [-0.1, -0.05) is 12.1 Å². The standard InChI is InChI=1S/C20H22FN3O2/c1-3-24(13-16-6-9-19(26-2)18(21)12-16)14-20(25)23-17-7-4-15(5-8-17)10-11-22/h4-9,12H,3,10,13-14H2,1-2H3,(H,23,25)/p+1. The molecular weight excluding hydrogens is 333 g/mol. The lowest BCUT2D eigenvalue weighted by Gasteiger charge is -2.17.